The minimum atomic E-state index is -4.03. The minimum absolute atomic E-state index is 0.0312. The maximum Gasteiger partial charge on any atom is 0.339 e. The second kappa shape index (κ2) is 10.8. The van der Waals surface area contributed by atoms with Gasteiger partial charge in [-0.05, 0) is 66.2 Å². The summed E-state index contributed by atoms with van der Waals surface area (Å²) in [6.45, 7) is 0. The van der Waals surface area contributed by atoms with Crippen LogP contribution in [-0.2, 0) is 14.9 Å². The van der Waals surface area contributed by atoms with Crippen LogP contribution in [0.3, 0.4) is 0 Å². The van der Waals surface area contributed by atoms with Gasteiger partial charge in [0.2, 0.25) is 0 Å². The highest BCUT2D eigenvalue weighted by molar-refractivity contribution is 8.00. The molecule has 4 aromatic carbocycles. The number of hydrogen-bond donors (Lipinski definition) is 0. The van der Waals surface area contributed by atoms with E-state index in [2.05, 4.69) is 0 Å². The van der Waals surface area contributed by atoms with Crippen LogP contribution in [0.4, 0.5) is 0 Å². The second-order valence-corrected chi connectivity index (χ2v) is 11.7. The predicted molar refractivity (Wildman–Crippen MR) is 157 cm³/mol. The molecule has 1 saturated heterocycles. The molecule has 1 amide bonds. The standard InChI is InChI=1S/C30H23N3O6S2/c1-38-22-15-13-21(14-16-22)30-32(27(34)19-40-30)33-28(31-26-10-6-5-9-25(26)29(33)35)20-11-17-23(18-12-20)39-41(36,37)24-7-3-2-4-8-24/h2-18,30H,19H2,1H3. The molecule has 1 aromatic heterocycles. The second-order valence-electron chi connectivity index (χ2n) is 9.12. The van der Waals surface area contributed by atoms with Gasteiger partial charge in [-0.1, -0.05) is 42.5 Å². The Morgan fingerprint density at radius 2 is 1.49 bits per heavy atom. The molecule has 0 aliphatic carbocycles. The lowest BCUT2D eigenvalue weighted by Crippen LogP contribution is -2.46. The Morgan fingerprint density at radius 1 is 0.829 bits per heavy atom. The average molecular weight is 586 g/mol. The summed E-state index contributed by atoms with van der Waals surface area (Å²) in [4.78, 5) is 32.0. The van der Waals surface area contributed by atoms with Gasteiger partial charge in [-0.25, -0.2) is 9.99 Å². The van der Waals surface area contributed by atoms with Gasteiger partial charge in [0.25, 0.3) is 11.5 Å². The van der Waals surface area contributed by atoms with Gasteiger partial charge in [0.1, 0.15) is 21.8 Å². The predicted octanol–water partition coefficient (Wildman–Crippen LogP) is 4.75. The molecular weight excluding hydrogens is 562 g/mol. The molecule has 0 radical (unpaired) electrons. The molecule has 6 rings (SSSR count). The van der Waals surface area contributed by atoms with Crippen molar-refractivity contribution in [2.75, 3.05) is 17.9 Å². The summed E-state index contributed by atoms with van der Waals surface area (Å²) in [6.07, 6.45) is 0. The normalized spacial score (nSPS) is 15.3. The van der Waals surface area contributed by atoms with Crippen LogP contribution in [0.2, 0.25) is 0 Å². The first kappa shape index (κ1) is 26.6. The molecule has 0 spiro atoms. The molecule has 2 heterocycles. The van der Waals surface area contributed by atoms with E-state index >= 15 is 0 Å². The third-order valence-electron chi connectivity index (χ3n) is 6.56. The van der Waals surface area contributed by atoms with E-state index in [0.717, 1.165) is 5.56 Å². The third-order valence-corrected chi connectivity index (χ3v) is 9.03. The maximum absolute atomic E-state index is 13.9. The van der Waals surface area contributed by atoms with Gasteiger partial charge in [-0.2, -0.15) is 13.1 Å². The molecule has 0 saturated carbocycles. The number of aromatic nitrogens is 2. The molecule has 1 unspecified atom stereocenters. The lowest BCUT2D eigenvalue weighted by atomic mass is 10.1. The summed E-state index contributed by atoms with van der Waals surface area (Å²) in [7, 11) is -2.45. The number of carbonyl (C=O) groups is 1. The molecular formula is C30H23N3O6S2. The van der Waals surface area contributed by atoms with Gasteiger partial charge in [0.05, 0.1) is 23.8 Å². The van der Waals surface area contributed by atoms with E-state index in [0.29, 0.717) is 22.2 Å². The van der Waals surface area contributed by atoms with E-state index in [4.69, 9.17) is 13.9 Å². The number of nitrogens with zero attached hydrogens (tertiary/aromatic N) is 3. The van der Waals surface area contributed by atoms with Gasteiger partial charge in [0.15, 0.2) is 5.82 Å². The number of thioether (sulfide) groups is 1. The number of methoxy groups -OCH3 is 1. The van der Waals surface area contributed by atoms with E-state index in [-0.39, 0.29) is 28.1 Å². The van der Waals surface area contributed by atoms with Crippen LogP contribution in [-0.4, -0.2) is 36.8 Å². The van der Waals surface area contributed by atoms with Crippen LogP contribution in [0.25, 0.3) is 22.3 Å². The van der Waals surface area contributed by atoms with Crippen LogP contribution in [0.15, 0.2) is 113 Å². The molecule has 1 atom stereocenters. The zero-order valence-corrected chi connectivity index (χ0v) is 23.3. The Bertz CT molecular complexity index is 1910. The molecule has 9 nitrogen and oxygen atoms in total. The van der Waals surface area contributed by atoms with E-state index < -0.39 is 21.1 Å². The Hall–Kier alpha value is -4.61. The lowest BCUT2D eigenvalue weighted by molar-refractivity contribution is -0.117. The summed E-state index contributed by atoms with van der Waals surface area (Å²) in [6, 6.07) is 28.3. The molecule has 1 aliphatic rings. The van der Waals surface area contributed by atoms with E-state index in [1.165, 1.54) is 45.7 Å². The summed E-state index contributed by atoms with van der Waals surface area (Å²) >= 11 is 1.41. The molecule has 5 aromatic rings. The summed E-state index contributed by atoms with van der Waals surface area (Å²) in [5.74, 6) is 0.942. The van der Waals surface area contributed by atoms with E-state index in [9.17, 15) is 18.0 Å². The summed E-state index contributed by atoms with van der Waals surface area (Å²) in [5, 5.41) is 1.32. The molecule has 0 N–H and O–H groups in total. The summed E-state index contributed by atoms with van der Waals surface area (Å²) in [5.41, 5.74) is 1.39. The van der Waals surface area contributed by atoms with Crippen molar-refractivity contribution >= 4 is 38.7 Å². The minimum Gasteiger partial charge on any atom is -0.497 e. The smallest absolute Gasteiger partial charge is 0.339 e. The van der Waals surface area contributed by atoms with Crippen molar-refractivity contribution in [3.05, 3.63) is 119 Å². The van der Waals surface area contributed by atoms with Crippen molar-refractivity contribution in [3.8, 4) is 22.9 Å². The molecule has 1 aliphatic heterocycles. The lowest BCUT2D eigenvalue weighted by Gasteiger charge is -2.28. The fourth-order valence-corrected chi connectivity index (χ4v) is 6.66. The number of rotatable bonds is 7. The molecule has 41 heavy (non-hydrogen) atoms. The van der Waals surface area contributed by atoms with Crippen LogP contribution in [0.5, 0.6) is 11.5 Å². The monoisotopic (exact) mass is 585 g/mol. The average Bonchev–Trinajstić information content (AvgIpc) is 3.38. The van der Waals surface area contributed by atoms with Crippen molar-refractivity contribution in [2.24, 2.45) is 0 Å². The number of fused-ring (bicyclic) bond motifs is 1. The fourth-order valence-electron chi connectivity index (χ4n) is 4.57. The topological polar surface area (TPSA) is 108 Å². The fraction of sp³-hybridized carbons (Fsp3) is 0.100. The Kier molecular flexibility index (Phi) is 6.98. The number of carbonyl (C=O) groups excluding carboxylic acids is 1. The van der Waals surface area contributed by atoms with Crippen molar-refractivity contribution in [3.63, 3.8) is 0 Å². The first-order valence-corrected chi connectivity index (χ1v) is 15.0. The van der Waals surface area contributed by atoms with E-state index in [1.807, 2.05) is 12.1 Å². The Morgan fingerprint density at radius 3 is 2.20 bits per heavy atom. The quantitative estimate of drug-likeness (QED) is 0.252. The first-order chi connectivity index (χ1) is 19.9. The van der Waals surface area contributed by atoms with Gasteiger partial charge in [0, 0.05) is 5.56 Å². The molecule has 1 fully saturated rings. The number of benzene rings is 4. The summed E-state index contributed by atoms with van der Waals surface area (Å²) < 4.78 is 37.3. The largest absolute Gasteiger partial charge is 0.497 e. The number of ether oxygens (including phenoxy) is 1. The van der Waals surface area contributed by atoms with Crippen LogP contribution >= 0.6 is 11.8 Å². The van der Waals surface area contributed by atoms with Crippen molar-refractivity contribution in [1.29, 1.82) is 0 Å². The number of para-hydroxylation sites is 1. The highest BCUT2D eigenvalue weighted by atomic mass is 32.2. The van der Waals surface area contributed by atoms with Gasteiger partial charge >= 0.3 is 10.1 Å². The first-order valence-electron chi connectivity index (χ1n) is 12.6. The molecule has 0 bridgehead atoms. The molecule has 11 heteroatoms. The van der Waals surface area contributed by atoms with Crippen LogP contribution in [0.1, 0.15) is 10.9 Å². The van der Waals surface area contributed by atoms with Gasteiger partial charge < -0.3 is 8.92 Å². The number of hydrogen-bond acceptors (Lipinski definition) is 8. The zero-order chi connectivity index (χ0) is 28.6. The van der Waals surface area contributed by atoms with Gasteiger partial charge in [-0.15, -0.1) is 11.8 Å². The van der Waals surface area contributed by atoms with Gasteiger partial charge in [-0.3, -0.25) is 9.59 Å². The third kappa shape index (κ3) is 5.05. The number of amides is 1. The Balaban J connectivity index is 1.44. The highest BCUT2D eigenvalue weighted by Crippen LogP contribution is 2.39. The SMILES string of the molecule is COc1ccc(C2SCC(=O)N2n2c(-c3ccc(OS(=O)(=O)c4ccccc4)cc3)nc3ccccc3c2=O)cc1. The maximum atomic E-state index is 13.9. The molecule has 206 valence electrons. The highest BCUT2D eigenvalue weighted by Gasteiger charge is 2.37. The van der Waals surface area contributed by atoms with Crippen molar-refractivity contribution in [2.45, 2.75) is 10.3 Å². The van der Waals surface area contributed by atoms with E-state index in [1.54, 1.807) is 73.8 Å². The van der Waals surface area contributed by atoms with Crippen molar-refractivity contribution < 1.29 is 22.1 Å². The zero-order valence-electron chi connectivity index (χ0n) is 21.7. The van der Waals surface area contributed by atoms with Crippen LogP contribution in [0, 0.1) is 0 Å². The van der Waals surface area contributed by atoms with Crippen molar-refractivity contribution in [1.82, 2.24) is 9.66 Å². The Labute approximate surface area is 240 Å². The van der Waals surface area contributed by atoms with Crippen LogP contribution < -0.4 is 19.5 Å².